The Morgan fingerprint density at radius 3 is 2.78 bits per heavy atom. The van der Waals surface area contributed by atoms with Crippen molar-refractivity contribution in [2.75, 3.05) is 19.0 Å². The van der Waals surface area contributed by atoms with E-state index < -0.39 is 5.97 Å². The van der Waals surface area contributed by atoms with Crippen LogP contribution >= 0.6 is 15.9 Å². The molecule has 0 spiro atoms. The Bertz CT molecular complexity index is 448. The average molecular weight is 316 g/mol. The summed E-state index contributed by atoms with van der Waals surface area (Å²) < 4.78 is 5.39. The van der Waals surface area contributed by atoms with E-state index in [1.54, 1.807) is 19.2 Å². The molecular weight excluding hydrogens is 302 g/mol. The normalized spacial score (nSPS) is 10.1. The van der Waals surface area contributed by atoms with E-state index in [2.05, 4.69) is 21.2 Å². The third-order valence-corrected chi connectivity index (χ3v) is 2.92. The van der Waals surface area contributed by atoms with Crippen LogP contribution in [-0.4, -0.2) is 30.7 Å². The molecule has 1 aromatic carbocycles. The lowest BCUT2D eigenvalue weighted by atomic mass is 10.1. The second-order valence-corrected chi connectivity index (χ2v) is 4.47. The van der Waals surface area contributed by atoms with Crippen LogP contribution in [0.15, 0.2) is 22.7 Å². The molecular formula is C12H14BrNO4. The number of nitrogens with one attached hydrogen (secondary N) is 1. The lowest BCUT2D eigenvalue weighted by molar-refractivity contribution is -0.116. The highest BCUT2D eigenvalue weighted by Crippen LogP contribution is 2.26. The highest BCUT2D eigenvalue weighted by Gasteiger charge is 2.14. The summed E-state index contributed by atoms with van der Waals surface area (Å²) in [6.07, 6.45) is 0.878. The zero-order valence-electron chi connectivity index (χ0n) is 9.90. The molecule has 0 heterocycles. The summed E-state index contributed by atoms with van der Waals surface area (Å²) in [6.45, 7) is 0.495. The number of hydrogen-bond donors (Lipinski definition) is 2. The maximum atomic E-state index is 11.6. The molecule has 0 radical (unpaired) electrons. The first-order chi connectivity index (χ1) is 8.56. The Morgan fingerprint density at radius 1 is 1.44 bits per heavy atom. The first-order valence-corrected chi connectivity index (χ1v) is 6.16. The lowest BCUT2D eigenvalue weighted by Crippen LogP contribution is -2.15. The van der Waals surface area contributed by atoms with Gasteiger partial charge in [0.05, 0.1) is 11.3 Å². The van der Waals surface area contributed by atoms with Crippen molar-refractivity contribution in [2.45, 2.75) is 12.8 Å². The van der Waals surface area contributed by atoms with Crippen LogP contribution < -0.4 is 5.32 Å². The number of benzene rings is 1. The number of aromatic carboxylic acids is 1. The molecule has 0 atom stereocenters. The number of carbonyl (C=O) groups excluding carboxylic acids is 1. The van der Waals surface area contributed by atoms with Crippen molar-refractivity contribution in [1.29, 1.82) is 0 Å². The minimum Gasteiger partial charge on any atom is -0.478 e. The molecule has 1 rings (SSSR count). The number of ether oxygens (including phenoxy) is 1. The van der Waals surface area contributed by atoms with E-state index in [1.807, 2.05) is 0 Å². The van der Waals surface area contributed by atoms with E-state index in [-0.39, 0.29) is 23.6 Å². The number of para-hydroxylation sites is 1. The Morgan fingerprint density at radius 2 is 2.17 bits per heavy atom. The van der Waals surface area contributed by atoms with Gasteiger partial charge in [0.1, 0.15) is 0 Å². The van der Waals surface area contributed by atoms with Crippen molar-refractivity contribution in [3.63, 3.8) is 0 Å². The fourth-order valence-electron chi connectivity index (χ4n) is 1.41. The molecule has 0 saturated carbocycles. The van der Waals surface area contributed by atoms with Crippen molar-refractivity contribution in [2.24, 2.45) is 0 Å². The molecule has 0 aromatic heterocycles. The quantitative estimate of drug-likeness (QED) is 0.791. The Balaban J connectivity index is 2.77. The van der Waals surface area contributed by atoms with E-state index in [9.17, 15) is 9.59 Å². The molecule has 98 valence electrons. The zero-order chi connectivity index (χ0) is 13.5. The lowest BCUT2D eigenvalue weighted by Gasteiger charge is -2.10. The molecule has 2 N–H and O–H groups in total. The van der Waals surface area contributed by atoms with Crippen LogP contribution in [-0.2, 0) is 9.53 Å². The zero-order valence-corrected chi connectivity index (χ0v) is 11.5. The average Bonchev–Trinajstić information content (AvgIpc) is 2.31. The SMILES string of the molecule is COCCCC(=O)Nc1c(Br)cccc1C(=O)O. The number of carbonyl (C=O) groups is 2. The van der Waals surface area contributed by atoms with Crippen molar-refractivity contribution in [3.05, 3.63) is 28.2 Å². The third kappa shape index (κ3) is 4.12. The molecule has 0 saturated heterocycles. The van der Waals surface area contributed by atoms with Gasteiger partial charge in [-0.15, -0.1) is 0 Å². The predicted molar refractivity (Wildman–Crippen MR) is 70.8 cm³/mol. The van der Waals surface area contributed by atoms with Gasteiger partial charge < -0.3 is 15.2 Å². The van der Waals surface area contributed by atoms with E-state index in [1.165, 1.54) is 6.07 Å². The van der Waals surface area contributed by atoms with Crippen LogP contribution in [0.5, 0.6) is 0 Å². The second kappa shape index (κ2) is 7.13. The van der Waals surface area contributed by atoms with Gasteiger partial charge in [0.15, 0.2) is 0 Å². The summed E-state index contributed by atoms with van der Waals surface area (Å²) in [7, 11) is 1.56. The fourth-order valence-corrected chi connectivity index (χ4v) is 1.87. The van der Waals surface area contributed by atoms with Crippen LogP contribution in [0.3, 0.4) is 0 Å². The van der Waals surface area contributed by atoms with Crippen LogP contribution in [0.2, 0.25) is 0 Å². The number of carboxylic acids is 1. The van der Waals surface area contributed by atoms with Gasteiger partial charge in [0.25, 0.3) is 0 Å². The topological polar surface area (TPSA) is 75.6 Å². The van der Waals surface area contributed by atoms with Crippen LogP contribution in [0, 0.1) is 0 Å². The molecule has 1 aromatic rings. The van der Waals surface area contributed by atoms with Gasteiger partial charge in [-0.2, -0.15) is 0 Å². The maximum absolute atomic E-state index is 11.6. The van der Waals surface area contributed by atoms with Crippen LogP contribution in [0.1, 0.15) is 23.2 Å². The molecule has 18 heavy (non-hydrogen) atoms. The van der Waals surface area contributed by atoms with Crippen molar-refractivity contribution >= 4 is 33.5 Å². The van der Waals surface area contributed by atoms with Crippen molar-refractivity contribution in [3.8, 4) is 0 Å². The minimum absolute atomic E-state index is 0.0597. The molecule has 0 fully saturated rings. The molecule has 0 unspecified atom stereocenters. The van der Waals surface area contributed by atoms with E-state index >= 15 is 0 Å². The summed E-state index contributed by atoms with van der Waals surface area (Å²) in [6, 6.07) is 4.73. The van der Waals surface area contributed by atoms with Crippen LogP contribution in [0.25, 0.3) is 0 Å². The number of methoxy groups -OCH3 is 1. The maximum Gasteiger partial charge on any atom is 0.337 e. The van der Waals surface area contributed by atoms with E-state index in [0.29, 0.717) is 17.5 Å². The van der Waals surface area contributed by atoms with Gasteiger partial charge >= 0.3 is 5.97 Å². The minimum atomic E-state index is -1.08. The number of amides is 1. The molecule has 0 aliphatic carbocycles. The van der Waals surface area contributed by atoms with Gasteiger partial charge in [-0.05, 0) is 34.5 Å². The second-order valence-electron chi connectivity index (χ2n) is 3.61. The van der Waals surface area contributed by atoms with Crippen molar-refractivity contribution in [1.82, 2.24) is 0 Å². The molecule has 0 aliphatic rings. The number of halogens is 1. The highest BCUT2D eigenvalue weighted by atomic mass is 79.9. The molecule has 5 nitrogen and oxygen atoms in total. The Hall–Kier alpha value is -1.40. The van der Waals surface area contributed by atoms with Crippen LogP contribution in [0.4, 0.5) is 5.69 Å². The van der Waals surface area contributed by atoms with E-state index in [4.69, 9.17) is 9.84 Å². The van der Waals surface area contributed by atoms with Gasteiger partial charge in [0, 0.05) is 24.6 Å². The summed E-state index contributed by atoms with van der Waals surface area (Å²) in [5.41, 5.74) is 0.344. The standard InChI is InChI=1S/C12H14BrNO4/c1-18-7-3-6-10(15)14-11-8(12(16)17)4-2-5-9(11)13/h2,4-5H,3,6-7H2,1H3,(H,14,15)(H,16,17). The fraction of sp³-hybridized carbons (Fsp3) is 0.333. The van der Waals surface area contributed by atoms with Gasteiger partial charge in [-0.1, -0.05) is 6.07 Å². The largest absolute Gasteiger partial charge is 0.478 e. The molecule has 1 amide bonds. The van der Waals surface area contributed by atoms with E-state index in [0.717, 1.165) is 0 Å². The predicted octanol–water partition coefficient (Wildman–Crippen LogP) is 2.51. The number of anilines is 1. The van der Waals surface area contributed by atoms with Gasteiger partial charge in [-0.25, -0.2) is 4.79 Å². The first kappa shape index (κ1) is 14.7. The summed E-state index contributed by atoms with van der Waals surface area (Å²) in [5.74, 6) is -1.31. The smallest absolute Gasteiger partial charge is 0.337 e. The summed E-state index contributed by atoms with van der Waals surface area (Å²) in [4.78, 5) is 22.7. The number of hydrogen-bond acceptors (Lipinski definition) is 3. The van der Waals surface area contributed by atoms with Gasteiger partial charge in [-0.3, -0.25) is 4.79 Å². The molecule has 0 bridgehead atoms. The van der Waals surface area contributed by atoms with Crippen molar-refractivity contribution < 1.29 is 19.4 Å². The van der Waals surface area contributed by atoms with Gasteiger partial charge in [0.2, 0.25) is 5.91 Å². The molecule has 0 aliphatic heterocycles. The summed E-state index contributed by atoms with van der Waals surface area (Å²) in [5, 5.41) is 11.6. The highest BCUT2D eigenvalue weighted by molar-refractivity contribution is 9.10. The summed E-state index contributed by atoms with van der Waals surface area (Å²) >= 11 is 3.22. The third-order valence-electron chi connectivity index (χ3n) is 2.26. The molecule has 6 heteroatoms. The Labute approximate surface area is 113 Å². The Kier molecular flexibility index (Phi) is 5.80. The monoisotopic (exact) mass is 315 g/mol. The first-order valence-electron chi connectivity index (χ1n) is 5.37. The number of rotatable bonds is 6. The number of carboxylic acid groups (broad SMARTS) is 1.